The van der Waals surface area contributed by atoms with Gasteiger partial charge in [0.2, 0.25) is 5.91 Å². The van der Waals surface area contributed by atoms with Crippen LogP contribution in [0.5, 0.6) is 0 Å². The number of carbonyl (C=O) groups excluding carboxylic acids is 3. The van der Waals surface area contributed by atoms with Gasteiger partial charge in [0, 0.05) is 49.9 Å². The number of rotatable bonds is 5. The number of hydrogen-bond donors (Lipinski definition) is 2. The lowest BCUT2D eigenvalue weighted by atomic mass is 9.89. The van der Waals surface area contributed by atoms with Crippen LogP contribution in [0.1, 0.15) is 65.6 Å². The molecule has 2 aliphatic rings. The van der Waals surface area contributed by atoms with E-state index >= 15 is 0 Å². The first-order valence-electron chi connectivity index (χ1n) is 12.6. The summed E-state index contributed by atoms with van der Waals surface area (Å²) in [4.78, 5) is 41.4. The van der Waals surface area contributed by atoms with E-state index in [9.17, 15) is 14.4 Å². The van der Waals surface area contributed by atoms with Gasteiger partial charge in [-0.25, -0.2) is 4.79 Å². The molecule has 2 fully saturated rings. The number of carbonyl (C=O) groups is 3. The van der Waals surface area contributed by atoms with E-state index in [0.29, 0.717) is 55.3 Å². The Morgan fingerprint density at radius 3 is 2.36 bits per heavy atom. The Morgan fingerprint density at radius 1 is 1.00 bits per heavy atom. The van der Waals surface area contributed by atoms with Crippen LogP contribution in [-0.2, 0) is 4.79 Å². The molecular formula is C28H33N5O3. The zero-order valence-corrected chi connectivity index (χ0v) is 20.9. The van der Waals surface area contributed by atoms with Crippen LogP contribution in [-0.4, -0.2) is 59.9 Å². The van der Waals surface area contributed by atoms with E-state index in [0.717, 1.165) is 24.8 Å². The quantitative estimate of drug-likeness (QED) is 0.664. The van der Waals surface area contributed by atoms with Gasteiger partial charge in [-0.05, 0) is 67.5 Å². The molecule has 188 valence electrons. The minimum Gasteiger partial charge on any atom is -0.341 e. The van der Waals surface area contributed by atoms with Gasteiger partial charge >= 0.3 is 6.03 Å². The second-order valence-corrected chi connectivity index (χ2v) is 9.61. The lowest BCUT2D eigenvalue weighted by Crippen LogP contribution is -2.40. The van der Waals surface area contributed by atoms with E-state index in [4.69, 9.17) is 5.26 Å². The Balaban J connectivity index is 1.33. The van der Waals surface area contributed by atoms with Crippen LogP contribution in [0.3, 0.4) is 0 Å². The second kappa shape index (κ2) is 11.3. The Labute approximate surface area is 212 Å². The molecule has 2 heterocycles. The summed E-state index contributed by atoms with van der Waals surface area (Å²) in [5.41, 5.74) is 3.88. The van der Waals surface area contributed by atoms with Crippen molar-refractivity contribution < 1.29 is 14.4 Å². The van der Waals surface area contributed by atoms with Crippen LogP contribution in [0, 0.1) is 18.3 Å². The average Bonchev–Trinajstić information content (AvgIpc) is 3.37. The molecule has 0 radical (unpaired) electrons. The third-order valence-corrected chi connectivity index (χ3v) is 7.20. The number of anilines is 1. The summed E-state index contributed by atoms with van der Waals surface area (Å²) >= 11 is 0. The number of benzene rings is 2. The summed E-state index contributed by atoms with van der Waals surface area (Å²) in [5.74, 6) is 0.434. The standard InChI is InChI=1S/C28H33N5O3/c1-3-26(34)33-15-12-24(18-33)30-28(36)31-25-16-23(7-4-19(25)2)27(35)32-13-10-22(11-14-32)21-8-5-20(17-29)6-9-21/h4-9,16,22,24H,3,10-15,18H2,1-2H3,(H2,30,31,36). The summed E-state index contributed by atoms with van der Waals surface area (Å²) in [6.07, 6.45) is 2.94. The monoisotopic (exact) mass is 487 g/mol. The van der Waals surface area contributed by atoms with Crippen molar-refractivity contribution in [2.75, 3.05) is 31.5 Å². The first kappa shape index (κ1) is 25.2. The molecule has 0 bridgehead atoms. The number of likely N-dealkylation sites (tertiary alicyclic amines) is 2. The normalized spacial score (nSPS) is 18.0. The van der Waals surface area contributed by atoms with Crippen molar-refractivity contribution in [1.29, 1.82) is 5.26 Å². The molecule has 0 saturated carbocycles. The van der Waals surface area contributed by atoms with E-state index in [2.05, 4.69) is 16.7 Å². The molecular weight excluding hydrogens is 454 g/mol. The SMILES string of the molecule is CCC(=O)N1CCC(NC(=O)Nc2cc(C(=O)N3CCC(c4ccc(C#N)cc4)CC3)ccc2C)C1. The smallest absolute Gasteiger partial charge is 0.319 e. The van der Waals surface area contributed by atoms with Gasteiger partial charge < -0.3 is 20.4 Å². The minimum atomic E-state index is -0.332. The molecule has 0 aromatic heterocycles. The maximum atomic E-state index is 13.2. The van der Waals surface area contributed by atoms with E-state index in [1.54, 1.807) is 17.0 Å². The average molecular weight is 488 g/mol. The third-order valence-electron chi connectivity index (χ3n) is 7.20. The van der Waals surface area contributed by atoms with Crippen LogP contribution in [0.4, 0.5) is 10.5 Å². The van der Waals surface area contributed by atoms with Crippen molar-refractivity contribution in [2.45, 2.75) is 51.5 Å². The summed E-state index contributed by atoms with van der Waals surface area (Å²) in [5, 5.41) is 14.8. The predicted molar refractivity (Wildman–Crippen MR) is 138 cm³/mol. The number of amides is 4. The first-order valence-corrected chi connectivity index (χ1v) is 12.6. The van der Waals surface area contributed by atoms with Gasteiger partial charge in [-0.1, -0.05) is 25.1 Å². The van der Waals surface area contributed by atoms with E-state index in [-0.39, 0.29) is 23.9 Å². The van der Waals surface area contributed by atoms with Gasteiger partial charge in [0.15, 0.2) is 0 Å². The summed E-state index contributed by atoms with van der Waals surface area (Å²) in [7, 11) is 0. The highest BCUT2D eigenvalue weighted by Gasteiger charge is 2.27. The van der Waals surface area contributed by atoms with Crippen LogP contribution in [0.15, 0.2) is 42.5 Å². The number of piperidine rings is 1. The number of nitrogens with one attached hydrogen (secondary N) is 2. The molecule has 2 aromatic rings. The van der Waals surface area contributed by atoms with Crippen molar-refractivity contribution in [2.24, 2.45) is 0 Å². The summed E-state index contributed by atoms with van der Waals surface area (Å²) in [6.45, 7) is 6.23. The zero-order chi connectivity index (χ0) is 25.7. The van der Waals surface area contributed by atoms with Crippen LogP contribution in [0.2, 0.25) is 0 Å². The Kier molecular flexibility index (Phi) is 7.89. The molecule has 2 saturated heterocycles. The van der Waals surface area contributed by atoms with Gasteiger partial charge in [-0.15, -0.1) is 0 Å². The van der Waals surface area contributed by atoms with Crippen molar-refractivity contribution in [3.63, 3.8) is 0 Å². The van der Waals surface area contributed by atoms with Gasteiger partial charge in [0.25, 0.3) is 5.91 Å². The van der Waals surface area contributed by atoms with Crippen molar-refractivity contribution >= 4 is 23.5 Å². The largest absolute Gasteiger partial charge is 0.341 e. The Bertz CT molecular complexity index is 1160. The van der Waals surface area contributed by atoms with Crippen molar-refractivity contribution in [1.82, 2.24) is 15.1 Å². The molecule has 2 aliphatic heterocycles. The minimum absolute atomic E-state index is 0.0405. The fraction of sp³-hybridized carbons (Fsp3) is 0.429. The highest BCUT2D eigenvalue weighted by molar-refractivity contribution is 5.97. The zero-order valence-electron chi connectivity index (χ0n) is 20.9. The maximum absolute atomic E-state index is 13.2. The molecule has 8 nitrogen and oxygen atoms in total. The van der Waals surface area contributed by atoms with E-state index in [1.807, 2.05) is 49.1 Å². The van der Waals surface area contributed by atoms with Gasteiger partial charge in [-0.2, -0.15) is 5.26 Å². The van der Waals surface area contributed by atoms with Crippen LogP contribution < -0.4 is 10.6 Å². The van der Waals surface area contributed by atoms with E-state index < -0.39 is 0 Å². The number of aryl methyl sites for hydroxylation is 1. The molecule has 0 spiro atoms. The molecule has 1 unspecified atom stereocenters. The second-order valence-electron chi connectivity index (χ2n) is 9.61. The van der Waals surface area contributed by atoms with Crippen LogP contribution in [0.25, 0.3) is 0 Å². The van der Waals surface area contributed by atoms with Crippen molar-refractivity contribution in [3.8, 4) is 6.07 Å². The highest BCUT2D eigenvalue weighted by Crippen LogP contribution is 2.29. The third kappa shape index (κ3) is 5.85. The molecule has 4 rings (SSSR count). The van der Waals surface area contributed by atoms with Gasteiger partial charge in [0.1, 0.15) is 0 Å². The van der Waals surface area contributed by atoms with Gasteiger partial charge in [0.05, 0.1) is 11.6 Å². The van der Waals surface area contributed by atoms with Crippen LogP contribution >= 0.6 is 0 Å². The fourth-order valence-corrected chi connectivity index (χ4v) is 4.99. The highest BCUT2D eigenvalue weighted by atomic mass is 16.2. The molecule has 36 heavy (non-hydrogen) atoms. The molecule has 1 atom stereocenters. The number of nitriles is 1. The fourth-order valence-electron chi connectivity index (χ4n) is 4.99. The van der Waals surface area contributed by atoms with Gasteiger partial charge in [-0.3, -0.25) is 9.59 Å². The van der Waals surface area contributed by atoms with Crippen molar-refractivity contribution in [3.05, 3.63) is 64.7 Å². The summed E-state index contributed by atoms with van der Waals surface area (Å²) in [6, 6.07) is 14.8. The Hall–Kier alpha value is -3.86. The lowest BCUT2D eigenvalue weighted by Gasteiger charge is -2.32. The summed E-state index contributed by atoms with van der Waals surface area (Å²) < 4.78 is 0. The molecule has 4 amide bonds. The maximum Gasteiger partial charge on any atom is 0.319 e. The first-order chi connectivity index (χ1) is 17.4. The Morgan fingerprint density at radius 2 is 1.69 bits per heavy atom. The lowest BCUT2D eigenvalue weighted by molar-refractivity contribution is -0.129. The molecule has 0 aliphatic carbocycles. The molecule has 2 N–H and O–H groups in total. The van der Waals surface area contributed by atoms with E-state index in [1.165, 1.54) is 5.56 Å². The number of nitrogens with zero attached hydrogens (tertiary/aromatic N) is 3. The molecule has 8 heteroatoms. The predicted octanol–water partition coefficient (Wildman–Crippen LogP) is 4.02. The topological polar surface area (TPSA) is 106 Å². The molecule has 2 aromatic carbocycles. The number of hydrogen-bond acceptors (Lipinski definition) is 4. The number of urea groups is 1.